The number of ether oxygens (including phenoxy) is 1. The van der Waals surface area contributed by atoms with E-state index >= 15 is 0 Å². The van der Waals surface area contributed by atoms with Gasteiger partial charge in [0, 0.05) is 25.4 Å². The van der Waals surface area contributed by atoms with Crippen molar-refractivity contribution in [1.82, 2.24) is 15.6 Å². The molecule has 25 heavy (non-hydrogen) atoms. The van der Waals surface area contributed by atoms with Crippen molar-refractivity contribution < 1.29 is 9.13 Å². The molecule has 2 rings (SSSR count). The molecule has 1 heterocycles. The second-order valence-corrected chi connectivity index (χ2v) is 5.85. The molecule has 5 nitrogen and oxygen atoms in total. The van der Waals surface area contributed by atoms with Crippen LogP contribution in [0.1, 0.15) is 31.9 Å². The van der Waals surface area contributed by atoms with Crippen LogP contribution in [-0.4, -0.2) is 23.6 Å². The van der Waals surface area contributed by atoms with Gasteiger partial charge in [-0.25, -0.2) is 14.4 Å². The highest BCUT2D eigenvalue weighted by Gasteiger charge is 2.01. The van der Waals surface area contributed by atoms with Crippen molar-refractivity contribution in [2.75, 3.05) is 6.54 Å². The van der Waals surface area contributed by atoms with Gasteiger partial charge >= 0.3 is 0 Å². The molecule has 0 bridgehead atoms. The number of benzene rings is 1. The minimum Gasteiger partial charge on any atom is -0.475 e. The van der Waals surface area contributed by atoms with Gasteiger partial charge in [-0.05, 0) is 44.0 Å². The van der Waals surface area contributed by atoms with E-state index in [1.165, 1.54) is 12.1 Å². The summed E-state index contributed by atoms with van der Waals surface area (Å²) in [4.78, 5) is 8.82. The Kier molecular flexibility index (Phi) is 7.19. The van der Waals surface area contributed by atoms with Crippen LogP contribution in [-0.2, 0) is 13.1 Å². The molecular weight excluding hydrogens is 319 g/mol. The molecular formula is C19H25FN4O. The van der Waals surface area contributed by atoms with Crippen LogP contribution < -0.4 is 15.4 Å². The number of rotatable bonds is 7. The van der Waals surface area contributed by atoms with E-state index in [0.717, 1.165) is 17.7 Å². The van der Waals surface area contributed by atoms with Gasteiger partial charge in [0.2, 0.25) is 5.88 Å². The molecule has 1 aromatic heterocycles. The van der Waals surface area contributed by atoms with Crippen molar-refractivity contribution >= 4 is 5.96 Å². The maximum absolute atomic E-state index is 12.9. The molecule has 0 aliphatic rings. The van der Waals surface area contributed by atoms with Crippen molar-refractivity contribution in [3.63, 3.8) is 0 Å². The minimum atomic E-state index is -0.235. The summed E-state index contributed by atoms with van der Waals surface area (Å²) >= 11 is 0. The third-order valence-corrected chi connectivity index (χ3v) is 3.29. The zero-order chi connectivity index (χ0) is 18.1. The number of nitrogens with one attached hydrogen (secondary N) is 2. The molecule has 6 heteroatoms. The van der Waals surface area contributed by atoms with E-state index in [2.05, 4.69) is 20.6 Å². The fourth-order valence-corrected chi connectivity index (χ4v) is 2.12. The first-order chi connectivity index (χ1) is 12.1. The largest absolute Gasteiger partial charge is 0.475 e. The molecule has 0 radical (unpaired) electrons. The smallest absolute Gasteiger partial charge is 0.213 e. The maximum Gasteiger partial charge on any atom is 0.213 e. The summed E-state index contributed by atoms with van der Waals surface area (Å²) < 4.78 is 18.5. The number of hydrogen-bond donors (Lipinski definition) is 2. The van der Waals surface area contributed by atoms with Gasteiger partial charge in [0.05, 0.1) is 12.6 Å². The molecule has 134 valence electrons. The summed E-state index contributed by atoms with van der Waals surface area (Å²) in [6.07, 6.45) is 1.87. The maximum atomic E-state index is 12.9. The number of pyridine rings is 1. The van der Waals surface area contributed by atoms with Gasteiger partial charge < -0.3 is 15.4 Å². The molecule has 0 amide bonds. The Morgan fingerprint density at radius 3 is 2.44 bits per heavy atom. The normalized spacial score (nSPS) is 11.5. The standard InChI is InChI=1S/C19H25FN4O/c1-4-21-19(23-11-15-5-8-17(20)9-6-15)24-13-16-7-10-18(22-12-16)25-14(2)3/h5-10,12,14H,4,11,13H2,1-3H3,(H2,21,23,24). The predicted molar refractivity (Wildman–Crippen MR) is 98.1 cm³/mol. The molecule has 2 aromatic rings. The van der Waals surface area contributed by atoms with Crippen LogP contribution in [0, 0.1) is 5.82 Å². The van der Waals surface area contributed by atoms with Crippen LogP contribution in [0.25, 0.3) is 0 Å². The zero-order valence-electron chi connectivity index (χ0n) is 14.9. The van der Waals surface area contributed by atoms with Gasteiger partial charge in [-0.15, -0.1) is 0 Å². The van der Waals surface area contributed by atoms with Crippen LogP contribution in [0.3, 0.4) is 0 Å². The summed E-state index contributed by atoms with van der Waals surface area (Å²) in [5, 5.41) is 6.43. The predicted octanol–water partition coefficient (Wildman–Crippen LogP) is 3.26. The lowest BCUT2D eigenvalue weighted by Gasteiger charge is -2.12. The van der Waals surface area contributed by atoms with Gasteiger partial charge in [0.25, 0.3) is 0 Å². The molecule has 2 N–H and O–H groups in total. The van der Waals surface area contributed by atoms with E-state index < -0.39 is 0 Å². The average molecular weight is 344 g/mol. The van der Waals surface area contributed by atoms with Gasteiger partial charge in [-0.1, -0.05) is 18.2 Å². The SMILES string of the molecule is CCNC(=NCc1ccc(OC(C)C)nc1)NCc1ccc(F)cc1. The molecule has 0 aliphatic carbocycles. The second kappa shape index (κ2) is 9.61. The van der Waals surface area contributed by atoms with Crippen LogP contribution in [0.15, 0.2) is 47.6 Å². The second-order valence-electron chi connectivity index (χ2n) is 5.85. The monoisotopic (exact) mass is 344 g/mol. The minimum absolute atomic E-state index is 0.104. The Balaban J connectivity index is 1.93. The first-order valence-electron chi connectivity index (χ1n) is 8.45. The molecule has 0 fully saturated rings. The Bertz CT molecular complexity index is 669. The number of guanidine groups is 1. The fourth-order valence-electron chi connectivity index (χ4n) is 2.12. The van der Waals surface area contributed by atoms with Crippen LogP contribution >= 0.6 is 0 Å². The van der Waals surface area contributed by atoms with Crippen LogP contribution in [0.4, 0.5) is 4.39 Å². The quantitative estimate of drug-likeness (QED) is 0.598. The molecule has 0 saturated carbocycles. The number of hydrogen-bond acceptors (Lipinski definition) is 3. The van der Waals surface area contributed by atoms with Gasteiger partial charge in [0.1, 0.15) is 5.82 Å². The summed E-state index contributed by atoms with van der Waals surface area (Å²) in [6.45, 7) is 7.79. The van der Waals surface area contributed by atoms with Crippen molar-refractivity contribution in [1.29, 1.82) is 0 Å². The molecule has 0 atom stereocenters. The molecule has 0 spiro atoms. The first kappa shape index (κ1) is 18.7. The highest BCUT2D eigenvalue weighted by molar-refractivity contribution is 5.79. The topological polar surface area (TPSA) is 58.5 Å². The van der Waals surface area contributed by atoms with E-state index in [4.69, 9.17) is 4.74 Å². The van der Waals surface area contributed by atoms with Crippen LogP contribution in [0.2, 0.25) is 0 Å². The van der Waals surface area contributed by atoms with Crippen molar-refractivity contribution in [3.8, 4) is 5.88 Å². The van der Waals surface area contributed by atoms with Crippen molar-refractivity contribution in [2.45, 2.75) is 40.0 Å². The molecule has 0 saturated heterocycles. The molecule has 1 aromatic carbocycles. The van der Waals surface area contributed by atoms with E-state index in [-0.39, 0.29) is 11.9 Å². The van der Waals surface area contributed by atoms with Gasteiger partial charge in [-0.3, -0.25) is 0 Å². The lowest BCUT2D eigenvalue weighted by Crippen LogP contribution is -2.36. The van der Waals surface area contributed by atoms with Gasteiger partial charge in [0.15, 0.2) is 5.96 Å². The lowest BCUT2D eigenvalue weighted by molar-refractivity contribution is 0.232. The Morgan fingerprint density at radius 2 is 1.84 bits per heavy atom. The number of nitrogens with zero attached hydrogens (tertiary/aromatic N) is 2. The van der Waals surface area contributed by atoms with Gasteiger partial charge in [-0.2, -0.15) is 0 Å². The Morgan fingerprint density at radius 1 is 1.12 bits per heavy atom. The van der Waals surface area contributed by atoms with Crippen molar-refractivity contribution in [3.05, 3.63) is 59.5 Å². The van der Waals surface area contributed by atoms with E-state index in [1.807, 2.05) is 32.9 Å². The summed E-state index contributed by atoms with van der Waals surface area (Å²) in [7, 11) is 0. The highest BCUT2D eigenvalue weighted by atomic mass is 19.1. The Hall–Kier alpha value is -2.63. The highest BCUT2D eigenvalue weighted by Crippen LogP contribution is 2.10. The number of aromatic nitrogens is 1. The fraction of sp³-hybridized carbons (Fsp3) is 0.368. The summed E-state index contributed by atoms with van der Waals surface area (Å²) in [5.74, 6) is 1.08. The third-order valence-electron chi connectivity index (χ3n) is 3.29. The van der Waals surface area contributed by atoms with Crippen LogP contribution in [0.5, 0.6) is 5.88 Å². The summed E-state index contributed by atoms with van der Waals surface area (Å²) in [6, 6.07) is 10.2. The van der Waals surface area contributed by atoms with E-state index in [9.17, 15) is 4.39 Å². The van der Waals surface area contributed by atoms with E-state index in [1.54, 1.807) is 18.3 Å². The van der Waals surface area contributed by atoms with E-state index in [0.29, 0.717) is 24.9 Å². The third kappa shape index (κ3) is 6.79. The molecule has 0 unspecified atom stereocenters. The first-order valence-corrected chi connectivity index (χ1v) is 8.45. The Labute approximate surface area is 148 Å². The lowest BCUT2D eigenvalue weighted by atomic mass is 10.2. The molecule has 0 aliphatic heterocycles. The number of halogens is 1. The zero-order valence-corrected chi connectivity index (χ0v) is 14.9. The summed E-state index contributed by atoms with van der Waals surface area (Å²) in [5.41, 5.74) is 1.99. The number of aliphatic imine (C=N–C) groups is 1. The van der Waals surface area contributed by atoms with Crippen molar-refractivity contribution in [2.24, 2.45) is 4.99 Å². The average Bonchev–Trinajstić information content (AvgIpc) is 2.59.